The third-order valence-corrected chi connectivity index (χ3v) is 5.11. The standard InChI is InChI=1S/C16H23NO3S/c1-9(2)14(16(19)20-4)17-15(18)12-8-21-13-7-10(3)5-6-11(12)13/h8-10,14H,5-7H2,1-4H3,(H,17,18). The lowest BCUT2D eigenvalue weighted by Crippen LogP contribution is -2.45. The molecule has 0 saturated heterocycles. The summed E-state index contributed by atoms with van der Waals surface area (Å²) in [5.41, 5.74) is 1.90. The Kier molecular flexibility index (Phi) is 5.04. The van der Waals surface area contributed by atoms with Gasteiger partial charge in [0.25, 0.3) is 5.91 Å². The number of nitrogens with one attached hydrogen (secondary N) is 1. The summed E-state index contributed by atoms with van der Waals surface area (Å²) in [6, 6.07) is -0.597. The fourth-order valence-corrected chi connectivity index (χ4v) is 3.96. The molecule has 5 heteroatoms. The molecule has 116 valence electrons. The molecule has 0 bridgehead atoms. The van der Waals surface area contributed by atoms with Gasteiger partial charge in [0.1, 0.15) is 6.04 Å². The van der Waals surface area contributed by atoms with Gasteiger partial charge < -0.3 is 10.1 Å². The van der Waals surface area contributed by atoms with Gasteiger partial charge in [0, 0.05) is 10.3 Å². The number of ether oxygens (including phenoxy) is 1. The zero-order valence-corrected chi connectivity index (χ0v) is 13.9. The topological polar surface area (TPSA) is 55.4 Å². The van der Waals surface area contributed by atoms with Crippen LogP contribution in [-0.4, -0.2) is 25.0 Å². The molecular weight excluding hydrogens is 286 g/mol. The molecule has 2 rings (SSSR count). The third kappa shape index (κ3) is 3.46. The van der Waals surface area contributed by atoms with Crippen LogP contribution in [0, 0.1) is 11.8 Å². The molecule has 0 radical (unpaired) electrons. The van der Waals surface area contributed by atoms with E-state index in [4.69, 9.17) is 4.74 Å². The van der Waals surface area contributed by atoms with Crippen molar-refractivity contribution < 1.29 is 14.3 Å². The maximum atomic E-state index is 12.5. The average Bonchev–Trinajstić information content (AvgIpc) is 2.86. The van der Waals surface area contributed by atoms with Crippen molar-refractivity contribution in [1.82, 2.24) is 5.32 Å². The number of methoxy groups -OCH3 is 1. The van der Waals surface area contributed by atoms with Gasteiger partial charge >= 0.3 is 5.97 Å². The Hall–Kier alpha value is -1.36. The van der Waals surface area contributed by atoms with Crippen LogP contribution in [0.1, 0.15) is 48.0 Å². The Morgan fingerprint density at radius 2 is 2.14 bits per heavy atom. The molecule has 1 aromatic rings. The highest BCUT2D eigenvalue weighted by Crippen LogP contribution is 2.32. The Morgan fingerprint density at radius 1 is 1.43 bits per heavy atom. The van der Waals surface area contributed by atoms with Crippen LogP contribution in [-0.2, 0) is 22.4 Å². The van der Waals surface area contributed by atoms with Gasteiger partial charge in [0.15, 0.2) is 0 Å². The van der Waals surface area contributed by atoms with Crippen molar-refractivity contribution in [2.24, 2.45) is 11.8 Å². The smallest absolute Gasteiger partial charge is 0.328 e. The van der Waals surface area contributed by atoms with E-state index < -0.39 is 12.0 Å². The van der Waals surface area contributed by atoms with E-state index >= 15 is 0 Å². The first-order valence-electron chi connectivity index (χ1n) is 7.42. The van der Waals surface area contributed by atoms with Crippen molar-refractivity contribution in [3.63, 3.8) is 0 Å². The van der Waals surface area contributed by atoms with Crippen LogP contribution in [0.15, 0.2) is 5.38 Å². The van der Waals surface area contributed by atoms with Crippen LogP contribution >= 0.6 is 11.3 Å². The lowest BCUT2D eigenvalue weighted by molar-refractivity contribution is -0.144. The van der Waals surface area contributed by atoms with E-state index in [1.165, 1.54) is 17.6 Å². The van der Waals surface area contributed by atoms with E-state index in [9.17, 15) is 9.59 Å². The molecule has 0 fully saturated rings. The molecular formula is C16H23NO3S. The van der Waals surface area contributed by atoms with E-state index in [1.54, 1.807) is 11.3 Å². The van der Waals surface area contributed by atoms with Crippen LogP contribution in [0.5, 0.6) is 0 Å². The van der Waals surface area contributed by atoms with Crippen molar-refractivity contribution in [1.29, 1.82) is 0 Å². The number of hydrogen-bond acceptors (Lipinski definition) is 4. The number of thiophene rings is 1. The molecule has 0 spiro atoms. The van der Waals surface area contributed by atoms with Crippen molar-refractivity contribution in [3.8, 4) is 0 Å². The van der Waals surface area contributed by atoms with Gasteiger partial charge in [-0.3, -0.25) is 4.79 Å². The Morgan fingerprint density at radius 3 is 2.76 bits per heavy atom. The summed E-state index contributed by atoms with van der Waals surface area (Å²) in [6.45, 7) is 6.04. The minimum absolute atomic E-state index is 0.00381. The SMILES string of the molecule is COC(=O)C(NC(=O)c1csc2c1CCC(C)C2)C(C)C. The van der Waals surface area contributed by atoms with Crippen LogP contribution in [0.3, 0.4) is 0 Å². The number of amides is 1. The number of fused-ring (bicyclic) bond motifs is 1. The van der Waals surface area contributed by atoms with Gasteiger partial charge in [-0.1, -0.05) is 20.8 Å². The van der Waals surface area contributed by atoms with Gasteiger partial charge in [0.05, 0.1) is 12.7 Å². The molecule has 2 atom stereocenters. The van der Waals surface area contributed by atoms with Gasteiger partial charge in [-0.2, -0.15) is 0 Å². The quantitative estimate of drug-likeness (QED) is 0.870. The largest absolute Gasteiger partial charge is 0.467 e. The van der Waals surface area contributed by atoms with Gasteiger partial charge in [0.2, 0.25) is 0 Å². The second-order valence-electron chi connectivity index (χ2n) is 6.12. The van der Waals surface area contributed by atoms with Crippen LogP contribution in [0.25, 0.3) is 0 Å². The zero-order chi connectivity index (χ0) is 15.6. The molecule has 1 aliphatic carbocycles. The molecule has 2 unspecified atom stereocenters. The summed E-state index contributed by atoms with van der Waals surface area (Å²) in [6.07, 6.45) is 3.12. The molecule has 0 aromatic carbocycles. The molecule has 1 heterocycles. The van der Waals surface area contributed by atoms with Crippen molar-refractivity contribution in [2.75, 3.05) is 7.11 Å². The van der Waals surface area contributed by atoms with Crippen LogP contribution in [0.4, 0.5) is 0 Å². The molecule has 1 aromatic heterocycles. The second-order valence-corrected chi connectivity index (χ2v) is 7.08. The summed E-state index contributed by atoms with van der Waals surface area (Å²) in [5, 5.41) is 4.75. The van der Waals surface area contributed by atoms with Gasteiger partial charge in [-0.15, -0.1) is 11.3 Å². The molecule has 1 N–H and O–H groups in total. The predicted molar refractivity (Wildman–Crippen MR) is 83.6 cm³/mol. The Balaban J connectivity index is 2.15. The summed E-state index contributed by atoms with van der Waals surface area (Å²) in [7, 11) is 1.34. The molecule has 1 aliphatic rings. The number of carbonyl (C=O) groups excluding carboxylic acids is 2. The van der Waals surface area contributed by atoms with Crippen molar-refractivity contribution in [3.05, 3.63) is 21.4 Å². The molecule has 1 amide bonds. The lowest BCUT2D eigenvalue weighted by Gasteiger charge is -2.21. The summed E-state index contributed by atoms with van der Waals surface area (Å²) >= 11 is 1.66. The molecule has 4 nitrogen and oxygen atoms in total. The second kappa shape index (κ2) is 6.60. The molecule has 0 saturated carbocycles. The van der Waals surface area contributed by atoms with Gasteiger partial charge in [-0.25, -0.2) is 4.79 Å². The first-order chi connectivity index (χ1) is 9.93. The van der Waals surface area contributed by atoms with Crippen LogP contribution < -0.4 is 5.32 Å². The number of carbonyl (C=O) groups is 2. The van der Waals surface area contributed by atoms with E-state index in [0.29, 0.717) is 5.92 Å². The summed E-state index contributed by atoms with van der Waals surface area (Å²) < 4.78 is 4.77. The summed E-state index contributed by atoms with van der Waals surface area (Å²) in [4.78, 5) is 25.6. The lowest BCUT2D eigenvalue weighted by atomic mass is 9.88. The maximum Gasteiger partial charge on any atom is 0.328 e. The first kappa shape index (κ1) is 16.0. The first-order valence-corrected chi connectivity index (χ1v) is 8.30. The summed E-state index contributed by atoms with van der Waals surface area (Å²) in [5.74, 6) is 0.128. The highest BCUT2D eigenvalue weighted by Gasteiger charge is 2.28. The van der Waals surface area contributed by atoms with E-state index in [2.05, 4.69) is 12.2 Å². The minimum Gasteiger partial charge on any atom is -0.467 e. The zero-order valence-electron chi connectivity index (χ0n) is 13.1. The Labute approximate surface area is 129 Å². The normalized spacial score (nSPS) is 19.0. The monoisotopic (exact) mass is 309 g/mol. The van der Waals surface area contributed by atoms with Crippen LogP contribution in [0.2, 0.25) is 0 Å². The fraction of sp³-hybridized carbons (Fsp3) is 0.625. The van der Waals surface area contributed by atoms with E-state index in [0.717, 1.165) is 24.8 Å². The Bertz CT molecular complexity index is 536. The average molecular weight is 309 g/mol. The predicted octanol–water partition coefficient (Wildman–Crippen LogP) is 2.80. The number of hydrogen-bond donors (Lipinski definition) is 1. The van der Waals surface area contributed by atoms with E-state index in [-0.39, 0.29) is 11.8 Å². The number of rotatable bonds is 4. The highest BCUT2D eigenvalue weighted by atomic mass is 32.1. The maximum absolute atomic E-state index is 12.5. The highest BCUT2D eigenvalue weighted by molar-refractivity contribution is 7.10. The number of esters is 1. The van der Waals surface area contributed by atoms with Crippen molar-refractivity contribution in [2.45, 2.75) is 46.1 Å². The third-order valence-electron chi connectivity index (χ3n) is 4.05. The van der Waals surface area contributed by atoms with E-state index in [1.807, 2.05) is 19.2 Å². The molecule has 21 heavy (non-hydrogen) atoms. The van der Waals surface area contributed by atoms with Crippen molar-refractivity contribution >= 4 is 23.2 Å². The van der Waals surface area contributed by atoms with Gasteiger partial charge in [-0.05, 0) is 36.7 Å². The minimum atomic E-state index is -0.597. The molecule has 0 aliphatic heterocycles. The fourth-order valence-electron chi connectivity index (χ4n) is 2.71.